The summed E-state index contributed by atoms with van der Waals surface area (Å²) < 4.78 is 26.5. The normalized spacial score (nSPS) is 14.7. The van der Waals surface area contributed by atoms with E-state index in [9.17, 15) is 13.2 Å². The molecule has 5 nitrogen and oxygen atoms in total. The van der Waals surface area contributed by atoms with Gasteiger partial charge in [-0.1, -0.05) is 18.2 Å². The van der Waals surface area contributed by atoms with Gasteiger partial charge in [0, 0.05) is 11.9 Å². The number of likely N-dealkylation sites (N-methyl/N-ethyl adjacent to an activating group) is 1. The number of benzene rings is 2. The molecule has 7 heteroatoms. The lowest BCUT2D eigenvalue weighted by Gasteiger charge is -2.20. The number of aryl methyl sites for hydroxylation is 2. The minimum Gasteiger partial charge on any atom is -0.348 e. The van der Waals surface area contributed by atoms with E-state index in [4.69, 9.17) is 0 Å². The molecule has 2 aromatic carbocycles. The minimum absolute atomic E-state index is 0.171. The third-order valence-electron chi connectivity index (χ3n) is 5.13. The zero-order valence-electron chi connectivity index (χ0n) is 16.4. The Kier molecular flexibility index (Phi) is 6.47. The first-order chi connectivity index (χ1) is 13.3. The molecule has 0 bridgehead atoms. The van der Waals surface area contributed by atoms with Gasteiger partial charge >= 0.3 is 0 Å². The molecule has 2 aromatic rings. The summed E-state index contributed by atoms with van der Waals surface area (Å²) >= 11 is 1.55. The van der Waals surface area contributed by atoms with Gasteiger partial charge in [-0.2, -0.15) is 4.31 Å². The van der Waals surface area contributed by atoms with Gasteiger partial charge < -0.3 is 5.32 Å². The smallest absolute Gasteiger partial charge is 0.243 e. The predicted molar refractivity (Wildman–Crippen MR) is 113 cm³/mol. The highest BCUT2D eigenvalue weighted by Gasteiger charge is 2.24. The van der Waals surface area contributed by atoms with Crippen LogP contribution in [0.2, 0.25) is 0 Å². The molecule has 1 aliphatic rings. The van der Waals surface area contributed by atoms with E-state index in [1.165, 1.54) is 24.6 Å². The van der Waals surface area contributed by atoms with Crippen molar-refractivity contribution in [2.45, 2.75) is 42.0 Å². The Labute approximate surface area is 171 Å². The lowest BCUT2D eigenvalue weighted by molar-refractivity contribution is -0.121. The Bertz CT molecular complexity index is 956. The number of carbonyl (C=O) groups excluding carboxylic acids is 1. The van der Waals surface area contributed by atoms with Crippen molar-refractivity contribution >= 4 is 27.7 Å². The van der Waals surface area contributed by atoms with Crippen molar-refractivity contribution in [2.75, 3.05) is 19.8 Å². The molecule has 0 spiro atoms. The maximum absolute atomic E-state index is 12.7. The number of rotatable bonds is 7. The van der Waals surface area contributed by atoms with E-state index in [-0.39, 0.29) is 23.4 Å². The average molecular weight is 419 g/mol. The number of nitrogens with one attached hydrogen (secondary N) is 1. The summed E-state index contributed by atoms with van der Waals surface area (Å²) in [5.41, 5.74) is 3.79. The van der Waals surface area contributed by atoms with Crippen LogP contribution >= 0.6 is 11.8 Å². The molecule has 28 heavy (non-hydrogen) atoms. The van der Waals surface area contributed by atoms with Crippen LogP contribution in [0.15, 0.2) is 52.3 Å². The van der Waals surface area contributed by atoms with Gasteiger partial charge in [-0.3, -0.25) is 4.79 Å². The standard InChI is InChI=1S/C21H26N2O3S2/c1-15(17-8-7-16-5-4-6-18(16)13-17)22-21(24)14-23(2)28(25,26)20-11-9-19(27-3)10-12-20/h7-13,15H,4-6,14H2,1-3H3,(H,22,24). The molecular weight excluding hydrogens is 392 g/mol. The first kappa shape index (κ1) is 20.9. The van der Waals surface area contributed by atoms with Crippen LogP contribution in [0, 0.1) is 0 Å². The van der Waals surface area contributed by atoms with Gasteiger partial charge in [0.2, 0.25) is 15.9 Å². The molecule has 3 rings (SSSR count). The third-order valence-corrected chi connectivity index (χ3v) is 7.70. The van der Waals surface area contributed by atoms with Crippen LogP contribution in [0.4, 0.5) is 0 Å². The molecule has 0 aromatic heterocycles. The van der Waals surface area contributed by atoms with Gasteiger partial charge in [-0.15, -0.1) is 11.8 Å². The van der Waals surface area contributed by atoms with Gasteiger partial charge in [0.05, 0.1) is 17.5 Å². The molecule has 150 valence electrons. The molecule has 1 atom stereocenters. The summed E-state index contributed by atoms with van der Waals surface area (Å²) in [6, 6.07) is 12.8. The summed E-state index contributed by atoms with van der Waals surface area (Å²) in [5, 5.41) is 2.91. The topological polar surface area (TPSA) is 66.5 Å². The van der Waals surface area contributed by atoms with Crippen molar-refractivity contribution in [1.82, 2.24) is 9.62 Å². The Balaban J connectivity index is 1.63. The molecular formula is C21H26N2O3S2. The van der Waals surface area contributed by atoms with E-state index >= 15 is 0 Å². The third kappa shape index (κ3) is 4.59. The summed E-state index contributed by atoms with van der Waals surface area (Å²) in [7, 11) is -2.28. The van der Waals surface area contributed by atoms with Crippen LogP contribution in [-0.4, -0.2) is 38.5 Å². The molecule has 0 heterocycles. The lowest BCUT2D eigenvalue weighted by Crippen LogP contribution is -2.39. The Morgan fingerprint density at radius 1 is 1.14 bits per heavy atom. The summed E-state index contributed by atoms with van der Waals surface area (Å²) in [6.45, 7) is 1.70. The molecule has 0 fully saturated rings. The fourth-order valence-electron chi connectivity index (χ4n) is 3.45. The maximum atomic E-state index is 12.7. The van der Waals surface area contributed by atoms with Gasteiger partial charge in [0.25, 0.3) is 0 Å². The SMILES string of the molecule is CSc1ccc(S(=O)(=O)N(C)CC(=O)NC(C)c2ccc3c(c2)CCC3)cc1. The van der Waals surface area contributed by atoms with Crippen LogP contribution in [0.1, 0.15) is 36.1 Å². The highest BCUT2D eigenvalue weighted by atomic mass is 32.2. The maximum Gasteiger partial charge on any atom is 0.243 e. The lowest BCUT2D eigenvalue weighted by atomic mass is 10.0. The number of thioether (sulfide) groups is 1. The second-order valence-electron chi connectivity index (χ2n) is 7.11. The Morgan fingerprint density at radius 3 is 2.50 bits per heavy atom. The zero-order chi connectivity index (χ0) is 20.3. The van der Waals surface area contributed by atoms with Crippen LogP contribution in [0.25, 0.3) is 0 Å². The average Bonchev–Trinajstić information content (AvgIpc) is 3.15. The molecule has 1 N–H and O–H groups in total. The number of fused-ring (bicyclic) bond motifs is 1. The van der Waals surface area contributed by atoms with Crippen molar-refractivity contribution in [1.29, 1.82) is 0 Å². The minimum atomic E-state index is -3.70. The summed E-state index contributed by atoms with van der Waals surface area (Å²) in [5.74, 6) is -0.320. The second-order valence-corrected chi connectivity index (χ2v) is 10.0. The van der Waals surface area contributed by atoms with Crippen molar-refractivity contribution in [3.8, 4) is 0 Å². The summed E-state index contributed by atoms with van der Waals surface area (Å²) in [4.78, 5) is 13.6. The molecule has 1 aliphatic carbocycles. The van der Waals surface area contributed by atoms with Crippen molar-refractivity contribution in [3.63, 3.8) is 0 Å². The van der Waals surface area contributed by atoms with E-state index in [0.717, 1.165) is 27.6 Å². The van der Waals surface area contributed by atoms with E-state index in [0.29, 0.717) is 0 Å². The molecule has 1 unspecified atom stereocenters. The van der Waals surface area contributed by atoms with E-state index in [1.807, 2.05) is 19.2 Å². The van der Waals surface area contributed by atoms with Crippen molar-refractivity contribution in [3.05, 3.63) is 59.2 Å². The van der Waals surface area contributed by atoms with E-state index < -0.39 is 10.0 Å². The van der Waals surface area contributed by atoms with Gasteiger partial charge in [0.15, 0.2) is 0 Å². The molecule has 0 radical (unpaired) electrons. The zero-order valence-corrected chi connectivity index (χ0v) is 18.1. The van der Waals surface area contributed by atoms with Gasteiger partial charge in [0.1, 0.15) is 0 Å². The largest absolute Gasteiger partial charge is 0.348 e. The predicted octanol–water partition coefficient (Wildman–Crippen LogP) is 3.40. The summed E-state index contributed by atoms with van der Waals surface area (Å²) in [6.07, 6.45) is 5.32. The quantitative estimate of drug-likeness (QED) is 0.700. The number of hydrogen-bond donors (Lipinski definition) is 1. The van der Waals surface area contributed by atoms with Crippen LogP contribution < -0.4 is 5.32 Å². The van der Waals surface area contributed by atoms with Gasteiger partial charge in [-0.25, -0.2) is 8.42 Å². The number of carbonyl (C=O) groups is 1. The van der Waals surface area contributed by atoms with Crippen molar-refractivity contribution in [2.24, 2.45) is 0 Å². The monoisotopic (exact) mass is 418 g/mol. The Hall–Kier alpha value is -1.83. The van der Waals surface area contributed by atoms with Crippen LogP contribution in [0.5, 0.6) is 0 Å². The fraction of sp³-hybridized carbons (Fsp3) is 0.381. The highest BCUT2D eigenvalue weighted by molar-refractivity contribution is 7.98. The molecule has 0 saturated heterocycles. The van der Waals surface area contributed by atoms with Crippen LogP contribution in [-0.2, 0) is 27.7 Å². The fourth-order valence-corrected chi connectivity index (χ4v) is 4.98. The van der Waals surface area contributed by atoms with Crippen LogP contribution in [0.3, 0.4) is 0 Å². The molecule has 0 saturated carbocycles. The number of nitrogens with zero attached hydrogens (tertiary/aromatic N) is 1. The number of hydrogen-bond acceptors (Lipinski definition) is 4. The molecule has 1 amide bonds. The molecule has 0 aliphatic heterocycles. The first-order valence-electron chi connectivity index (χ1n) is 9.32. The number of amides is 1. The number of sulfonamides is 1. The van der Waals surface area contributed by atoms with Crippen molar-refractivity contribution < 1.29 is 13.2 Å². The van der Waals surface area contributed by atoms with E-state index in [2.05, 4.69) is 17.4 Å². The first-order valence-corrected chi connectivity index (χ1v) is 12.0. The second kappa shape index (κ2) is 8.68. The van der Waals surface area contributed by atoms with E-state index in [1.54, 1.807) is 36.0 Å². The highest BCUT2D eigenvalue weighted by Crippen LogP contribution is 2.25. The van der Waals surface area contributed by atoms with Gasteiger partial charge in [-0.05, 0) is 73.4 Å². The Morgan fingerprint density at radius 2 is 1.82 bits per heavy atom.